The molecule has 5 heteroatoms. The number of carbonyl (C=O) groups excluding carboxylic acids is 1. The van der Waals surface area contributed by atoms with Crippen LogP contribution in [0.4, 0.5) is 4.79 Å². The van der Waals surface area contributed by atoms with Gasteiger partial charge in [-0.2, -0.15) is 0 Å². The fourth-order valence-electron chi connectivity index (χ4n) is 3.75. The maximum atomic E-state index is 11.8. The van der Waals surface area contributed by atoms with Crippen LogP contribution in [-0.4, -0.2) is 56.4 Å². The summed E-state index contributed by atoms with van der Waals surface area (Å²) in [5, 5.41) is 5.92. The molecule has 5 nitrogen and oxygen atoms in total. The van der Waals surface area contributed by atoms with E-state index < -0.39 is 0 Å². The van der Waals surface area contributed by atoms with Crippen LogP contribution in [-0.2, 0) is 4.74 Å². The topological polar surface area (TPSA) is 53.6 Å². The molecule has 0 aromatic carbocycles. The Labute approximate surface area is 141 Å². The van der Waals surface area contributed by atoms with Crippen LogP contribution in [0.5, 0.6) is 0 Å². The van der Waals surface area contributed by atoms with Gasteiger partial charge in [0.2, 0.25) is 0 Å². The van der Waals surface area contributed by atoms with Crippen molar-refractivity contribution in [3.63, 3.8) is 0 Å². The molecule has 1 atom stereocenters. The summed E-state index contributed by atoms with van der Waals surface area (Å²) in [6.45, 7) is 9.65. The first kappa shape index (κ1) is 18.5. The van der Waals surface area contributed by atoms with Gasteiger partial charge in [-0.15, -0.1) is 0 Å². The number of nitrogens with zero attached hydrogens (tertiary/aromatic N) is 1. The summed E-state index contributed by atoms with van der Waals surface area (Å²) in [7, 11) is 0. The average Bonchev–Trinajstić information content (AvgIpc) is 3.03. The minimum absolute atomic E-state index is 0.0546. The molecule has 0 aromatic rings. The van der Waals surface area contributed by atoms with E-state index in [1.54, 1.807) is 0 Å². The Morgan fingerprint density at radius 1 is 1.26 bits per heavy atom. The van der Waals surface area contributed by atoms with Crippen LogP contribution in [0, 0.1) is 11.8 Å². The van der Waals surface area contributed by atoms with Crippen LogP contribution in [0.1, 0.15) is 52.4 Å². The number of carbonyl (C=O) groups is 1. The van der Waals surface area contributed by atoms with Crippen molar-refractivity contribution in [1.82, 2.24) is 15.5 Å². The molecule has 0 bridgehead atoms. The van der Waals surface area contributed by atoms with Gasteiger partial charge in [-0.05, 0) is 24.7 Å². The normalized spacial score (nSPS) is 23.3. The van der Waals surface area contributed by atoms with Gasteiger partial charge >= 0.3 is 6.03 Å². The Balaban J connectivity index is 1.51. The van der Waals surface area contributed by atoms with Crippen molar-refractivity contribution < 1.29 is 9.53 Å². The molecule has 2 amide bonds. The molecular weight excluding hydrogens is 290 g/mol. The molecule has 2 fully saturated rings. The second kappa shape index (κ2) is 10.1. The molecule has 1 saturated heterocycles. The van der Waals surface area contributed by atoms with Crippen molar-refractivity contribution in [1.29, 1.82) is 0 Å². The molecule has 2 aliphatic rings. The van der Waals surface area contributed by atoms with Gasteiger partial charge in [0.25, 0.3) is 0 Å². The van der Waals surface area contributed by atoms with Crippen LogP contribution in [0.25, 0.3) is 0 Å². The summed E-state index contributed by atoms with van der Waals surface area (Å²) in [5.74, 6) is 1.58. The lowest BCUT2D eigenvalue weighted by Crippen LogP contribution is -2.49. The maximum Gasteiger partial charge on any atom is 0.314 e. The number of rotatable bonds is 8. The predicted octanol–water partition coefficient (Wildman–Crippen LogP) is 2.61. The van der Waals surface area contributed by atoms with Gasteiger partial charge in [-0.25, -0.2) is 4.79 Å². The zero-order valence-electron chi connectivity index (χ0n) is 15.0. The fourth-order valence-corrected chi connectivity index (χ4v) is 3.75. The van der Waals surface area contributed by atoms with Gasteiger partial charge < -0.3 is 15.4 Å². The number of nitrogens with one attached hydrogen (secondary N) is 2. The number of morpholine rings is 1. The first-order valence-corrected chi connectivity index (χ1v) is 9.49. The number of hydrogen-bond acceptors (Lipinski definition) is 3. The molecule has 0 spiro atoms. The number of urea groups is 1. The van der Waals surface area contributed by atoms with Crippen LogP contribution >= 0.6 is 0 Å². The Morgan fingerprint density at radius 2 is 2.04 bits per heavy atom. The van der Waals surface area contributed by atoms with E-state index in [4.69, 9.17) is 4.74 Å². The molecule has 1 unspecified atom stereocenters. The minimum Gasteiger partial charge on any atom is -0.374 e. The molecule has 23 heavy (non-hydrogen) atoms. The van der Waals surface area contributed by atoms with Crippen LogP contribution in [0.2, 0.25) is 0 Å². The largest absolute Gasteiger partial charge is 0.374 e. The molecule has 1 saturated carbocycles. The van der Waals surface area contributed by atoms with E-state index in [1.165, 1.54) is 32.1 Å². The Hall–Kier alpha value is -0.810. The second-order valence-corrected chi connectivity index (χ2v) is 7.58. The summed E-state index contributed by atoms with van der Waals surface area (Å²) < 4.78 is 5.75. The van der Waals surface area contributed by atoms with E-state index in [2.05, 4.69) is 29.4 Å². The van der Waals surface area contributed by atoms with Crippen LogP contribution < -0.4 is 10.6 Å². The van der Waals surface area contributed by atoms with Crippen molar-refractivity contribution in [2.45, 2.75) is 58.5 Å². The van der Waals surface area contributed by atoms with Gasteiger partial charge in [-0.3, -0.25) is 4.90 Å². The van der Waals surface area contributed by atoms with Gasteiger partial charge in [-0.1, -0.05) is 39.5 Å². The fraction of sp³-hybridized carbons (Fsp3) is 0.944. The lowest BCUT2D eigenvalue weighted by atomic mass is 10.0. The van der Waals surface area contributed by atoms with E-state index in [0.29, 0.717) is 12.5 Å². The predicted molar refractivity (Wildman–Crippen MR) is 93.6 cm³/mol. The molecule has 0 radical (unpaired) electrons. The van der Waals surface area contributed by atoms with Crippen molar-refractivity contribution >= 4 is 6.03 Å². The highest BCUT2D eigenvalue weighted by Gasteiger charge is 2.21. The Bertz CT molecular complexity index is 343. The van der Waals surface area contributed by atoms with E-state index in [-0.39, 0.29) is 12.1 Å². The summed E-state index contributed by atoms with van der Waals surface area (Å²) in [5.41, 5.74) is 0. The number of amides is 2. The molecule has 2 N–H and O–H groups in total. The highest BCUT2D eigenvalue weighted by Crippen LogP contribution is 2.28. The zero-order valence-corrected chi connectivity index (χ0v) is 15.0. The lowest BCUT2D eigenvalue weighted by molar-refractivity contribution is -0.0290. The minimum atomic E-state index is -0.0546. The first-order valence-electron chi connectivity index (χ1n) is 9.49. The summed E-state index contributed by atoms with van der Waals surface area (Å²) in [4.78, 5) is 14.3. The van der Waals surface area contributed by atoms with Gasteiger partial charge in [0.1, 0.15) is 0 Å². The summed E-state index contributed by atoms with van der Waals surface area (Å²) in [6.07, 6.45) is 8.04. The lowest BCUT2D eigenvalue weighted by Gasteiger charge is -2.33. The van der Waals surface area contributed by atoms with Gasteiger partial charge in [0.15, 0.2) is 0 Å². The molecule has 1 aliphatic carbocycles. The average molecular weight is 325 g/mol. The zero-order chi connectivity index (χ0) is 16.5. The number of ether oxygens (including phenoxy) is 1. The van der Waals surface area contributed by atoms with E-state index in [9.17, 15) is 4.79 Å². The quantitative estimate of drug-likeness (QED) is 0.675. The van der Waals surface area contributed by atoms with Crippen molar-refractivity contribution in [2.75, 3.05) is 39.3 Å². The third-order valence-electron chi connectivity index (χ3n) is 4.89. The second-order valence-electron chi connectivity index (χ2n) is 7.58. The van der Waals surface area contributed by atoms with Crippen LogP contribution in [0.15, 0.2) is 0 Å². The SMILES string of the molecule is CC(C)CN1CCOC(CNC(=O)NCCCC2CCCC2)C1. The monoisotopic (exact) mass is 325 g/mol. The van der Waals surface area contributed by atoms with E-state index in [0.717, 1.165) is 45.1 Å². The maximum absolute atomic E-state index is 11.8. The van der Waals surface area contributed by atoms with Crippen LogP contribution in [0.3, 0.4) is 0 Å². The number of hydrogen-bond donors (Lipinski definition) is 2. The van der Waals surface area contributed by atoms with Crippen molar-refractivity contribution in [3.8, 4) is 0 Å². The first-order chi connectivity index (χ1) is 11.1. The standard InChI is InChI=1S/C18H35N3O2/c1-15(2)13-21-10-11-23-17(14-21)12-20-18(22)19-9-5-8-16-6-3-4-7-16/h15-17H,3-14H2,1-2H3,(H2,19,20,22). The van der Waals surface area contributed by atoms with Crippen molar-refractivity contribution in [3.05, 3.63) is 0 Å². The smallest absolute Gasteiger partial charge is 0.314 e. The molecule has 1 heterocycles. The molecule has 134 valence electrons. The van der Waals surface area contributed by atoms with Gasteiger partial charge in [0, 0.05) is 32.7 Å². The Kier molecular flexibility index (Phi) is 8.17. The highest BCUT2D eigenvalue weighted by molar-refractivity contribution is 5.73. The van der Waals surface area contributed by atoms with E-state index >= 15 is 0 Å². The van der Waals surface area contributed by atoms with Gasteiger partial charge in [0.05, 0.1) is 12.7 Å². The summed E-state index contributed by atoms with van der Waals surface area (Å²) in [6, 6.07) is -0.0546. The highest BCUT2D eigenvalue weighted by atomic mass is 16.5. The third-order valence-corrected chi connectivity index (χ3v) is 4.89. The molecular formula is C18H35N3O2. The molecule has 2 rings (SSSR count). The summed E-state index contributed by atoms with van der Waals surface area (Å²) >= 11 is 0. The molecule has 1 aliphatic heterocycles. The third kappa shape index (κ3) is 7.53. The Morgan fingerprint density at radius 3 is 2.78 bits per heavy atom. The van der Waals surface area contributed by atoms with Crippen molar-refractivity contribution in [2.24, 2.45) is 11.8 Å². The molecule has 0 aromatic heterocycles. The van der Waals surface area contributed by atoms with E-state index in [1.807, 2.05) is 0 Å².